The summed E-state index contributed by atoms with van der Waals surface area (Å²) in [4.78, 5) is 29.7. The lowest BCUT2D eigenvalue weighted by atomic mass is 9.79. The van der Waals surface area contributed by atoms with Crippen molar-refractivity contribution in [3.8, 4) is 5.88 Å². The van der Waals surface area contributed by atoms with E-state index in [1.165, 1.54) is 6.92 Å². The Morgan fingerprint density at radius 3 is 2.92 bits per heavy atom. The molecule has 3 rings (SSSR count). The smallest absolute Gasteiger partial charge is 0.242 e. The van der Waals surface area contributed by atoms with Crippen molar-refractivity contribution in [2.45, 2.75) is 50.4 Å². The van der Waals surface area contributed by atoms with Crippen molar-refractivity contribution < 1.29 is 19.1 Å². The number of nitrogens with zero attached hydrogens (tertiary/aromatic N) is 2. The SMILES string of the molecule is CO[C@@]12CC[C@H](Oc3ccccn3)C[C@@H]1N(C(=O)CNC(C)=O)CC2. The van der Waals surface area contributed by atoms with Crippen molar-refractivity contribution in [1.29, 1.82) is 0 Å². The van der Waals surface area contributed by atoms with Crippen LogP contribution in [0.1, 0.15) is 32.6 Å². The van der Waals surface area contributed by atoms with E-state index in [-0.39, 0.29) is 36.1 Å². The second-order valence-electron chi connectivity index (χ2n) is 6.71. The van der Waals surface area contributed by atoms with E-state index in [1.807, 2.05) is 23.1 Å². The molecule has 1 N–H and O–H groups in total. The van der Waals surface area contributed by atoms with Crippen LogP contribution in [0.3, 0.4) is 0 Å². The molecule has 1 aliphatic carbocycles. The fraction of sp³-hybridized carbons (Fsp3) is 0.611. The van der Waals surface area contributed by atoms with E-state index >= 15 is 0 Å². The molecule has 3 atom stereocenters. The van der Waals surface area contributed by atoms with Gasteiger partial charge in [-0.15, -0.1) is 0 Å². The van der Waals surface area contributed by atoms with Gasteiger partial charge >= 0.3 is 0 Å². The van der Waals surface area contributed by atoms with Gasteiger partial charge < -0.3 is 19.7 Å². The fourth-order valence-corrected chi connectivity index (χ4v) is 3.96. The summed E-state index contributed by atoms with van der Waals surface area (Å²) in [6.45, 7) is 2.08. The molecule has 0 aromatic carbocycles. The van der Waals surface area contributed by atoms with Crippen LogP contribution in [0.5, 0.6) is 5.88 Å². The maximum absolute atomic E-state index is 12.5. The molecule has 0 spiro atoms. The summed E-state index contributed by atoms with van der Waals surface area (Å²) in [5.74, 6) is 0.328. The van der Waals surface area contributed by atoms with Crippen LogP contribution in [0.25, 0.3) is 0 Å². The number of pyridine rings is 1. The van der Waals surface area contributed by atoms with E-state index in [4.69, 9.17) is 9.47 Å². The summed E-state index contributed by atoms with van der Waals surface area (Å²) in [5.41, 5.74) is -0.310. The van der Waals surface area contributed by atoms with Crippen LogP contribution >= 0.6 is 0 Å². The molecule has 7 nitrogen and oxygen atoms in total. The average Bonchev–Trinajstić information content (AvgIpc) is 3.00. The van der Waals surface area contributed by atoms with Crippen LogP contribution in [0.15, 0.2) is 24.4 Å². The van der Waals surface area contributed by atoms with Gasteiger partial charge in [-0.1, -0.05) is 6.07 Å². The number of fused-ring (bicyclic) bond motifs is 1. The highest BCUT2D eigenvalue weighted by Crippen LogP contribution is 2.43. The Morgan fingerprint density at radius 1 is 1.40 bits per heavy atom. The summed E-state index contributed by atoms with van der Waals surface area (Å²) in [7, 11) is 1.72. The number of amides is 2. The topological polar surface area (TPSA) is 80.8 Å². The minimum atomic E-state index is -0.310. The molecule has 136 valence electrons. The molecule has 1 aromatic heterocycles. The maximum Gasteiger partial charge on any atom is 0.242 e. The number of rotatable bonds is 5. The van der Waals surface area contributed by atoms with Gasteiger partial charge in [-0.3, -0.25) is 9.59 Å². The number of hydrogen-bond acceptors (Lipinski definition) is 5. The lowest BCUT2D eigenvalue weighted by Crippen LogP contribution is -2.54. The van der Waals surface area contributed by atoms with Crippen molar-refractivity contribution in [3.63, 3.8) is 0 Å². The molecule has 2 fully saturated rings. The molecule has 1 aliphatic heterocycles. The molecule has 0 bridgehead atoms. The Kier molecular flexibility index (Phi) is 5.22. The van der Waals surface area contributed by atoms with E-state index in [0.717, 1.165) is 19.3 Å². The monoisotopic (exact) mass is 347 g/mol. The van der Waals surface area contributed by atoms with Crippen LogP contribution in [-0.4, -0.2) is 59.6 Å². The summed E-state index contributed by atoms with van der Waals surface area (Å²) in [6, 6.07) is 5.54. The lowest BCUT2D eigenvalue weighted by Gasteiger charge is -2.43. The highest BCUT2D eigenvalue weighted by molar-refractivity contribution is 5.84. The van der Waals surface area contributed by atoms with Crippen molar-refractivity contribution in [2.75, 3.05) is 20.2 Å². The Morgan fingerprint density at radius 2 is 2.24 bits per heavy atom. The standard InChI is InChI=1S/C18H25N3O4/c1-13(22)20-12-17(23)21-10-8-18(24-2)7-6-14(11-15(18)21)25-16-5-3-4-9-19-16/h3-5,9,14-15H,6-8,10-12H2,1-2H3,(H,20,22)/t14-,15-,18+/m0/s1. The number of methoxy groups -OCH3 is 1. The number of hydrogen-bond donors (Lipinski definition) is 1. The van der Waals surface area contributed by atoms with Crippen molar-refractivity contribution >= 4 is 11.8 Å². The number of ether oxygens (including phenoxy) is 2. The van der Waals surface area contributed by atoms with Gasteiger partial charge in [0, 0.05) is 39.3 Å². The number of carbonyl (C=O) groups is 2. The first kappa shape index (κ1) is 17.7. The third kappa shape index (κ3) is 3.76. The van der Waals surface area contributed by atoms with E-state index in [1.54, 1.807) is 13.3 Å². The van der Waals surface area contributed by atoms with Crippen LogP contribution in [0, 0.1) is 0 Å². The normalized spacial score (nSPS) is 28.3. The zero-order chi connectivity index (χ0) is 17.9. The van der Waals surface area contributed by atoms with Gasteiger partial charge in [-0.2, -0.15) is 0 Å². The molecule has 2 amide bonds. The Labute approximate surface area is 147 Å². The molecule has 25 heavy (non-hydrogen) atoms. The predicted octanol–water partition coefficient (Wildman–Crippen LogP) is 1.14. The van der Waals surface area contributed by atoms with Gasteiger partial charge in [0.05, 0.1) is 18.2 Å². The quantitative estimate of drug-likeness (QED) is 0.864. The summed E-state index contributed by atoms with van der Waals surface area (Å²) in [6.07, 6.45) is 4.94. The Hall–Kier alpha value is -2.15. The van der Waals surface area contributed by atoms with Crippen molar-refractivity contribution in [3.05, 3.63) is 24.4 Å². The number of aromatic nitrogens is 1. The van der Waals surface area contributed by atoms with Gasteiger partial charge in [0.15, 0.2) is 0 Å². The van der Waals surface area contributed by atoms with Gasteiger partial charge in [0.2, 0.25) is 17.7 Å². The second kappa shape index (κ2) is 7.39. The zero-order valence-electron chi connectivity index (χ0n) is 14.7. The number of carbonyl (C=O) groups excluding carboxylic acids is 2. The van der Waals surface area contributed by atoms with Crippen LogP contribution in [0.2, 0.25) is 0 Å². The highest BCUT2D eigenvalue weighted by Gasteiger charge is 2.52. The average molecular weight is 347 g/mol. The van der Waals surface area contributed by atoms with E-state index in [9.17, 15) is 9.59 Å². The fourth-order valence-electron chi connectivity index (χ4n) is 3.96. The lowest BCUT2D eigenvalue weighted by molar-refractivity contribution is -0.139. The van der Waals surface area contributed by atoms with Gasteiger partial charge in [0.25, 0.3) is 0 Å². The van der Waals surface area contributed by atoms with Crippen molar-refractivity contribution in [2.24, 2.45) is 0 Å². The van der Waals surface area contributed by atoms with Crippen LogP contribution in [-0.2, 0) is 14.3 Å². The Balaban J connectivity index is 1.69. The molecule has 1 aromatic rings. The first-order valence-corrected chi connectivity index (χ1v) is 8.71. The highest BCUT2D eigenvalue weighted by atomic mass is 16.5. The van der Waals surface area contributed by atoms with Gasteiger partial charge in [-0.25, -0.2) is 4.98 Å². The van der Waals surface area contributed by atoms with Gasteiger partial charge in [-0.05, 0) is 25.3 Å². The predicted molar refractivity (Wildman–Crippen MR) is 91.0 cm³/mol. The number of nitrogens with one attached hydrogen (secondary N) is 1. The Bertz CT molecular complexity index is 624. The first-order chi connectivity index (χ1) is 12.0. The molecule has 2 heterocycles. The summed E-state index contributed by atoms with van der Waals surface area (Å²) < 4.78 is 11.9. The summed E-state index contributed by atoms with van der Waals surface area (Å²) >= 11 is 0. The molecule has 7 heteroatoms. The van der Waals surface area contributed by atoms with Crippen molar-refractivity contribution in [1.82, 2.24) is 15.2 Å². The summed E-state index contributed by atoms with van der Waals surface area (Å²) in [5, 5.41) is 2.59. The molecular formula is C18H25N3O4. The molecule has 1 saturated carbocycles. The van der Waals surface area contributed by atoms with E-state index < -0.39 is 0 Å². The third-order valence-corrected chi connectivity index (χ3v) is 5.28. The number of likely N-dealkylation sites (tertiary alicyclic amines) is 1. The molecule has 0 unspecified atom stereocenters. The molecular weight excluding hydrogens is 322 g/mol. The second-order valence-corrected chi connectivity index (χ2v) is 6.71. The first-order valence-electron chi connectivity index (χ1n) is 8.71. The molecule has 2 aliphatic rings. The minimum absolute atomic E-state index is 0.00246. The molecule has 0 radical (unpaired) electrons. The third-order valence-electron chi connectivity index (χ3n) is 5.28. The van der Waals surface area contributed by atoms with E-state index in [2.05, 4.69) is 10.3 Å². The largest absolute Gasteiger partial charge is 0.474 e. The molecule has 1 saturated heterocycles. The minimum Gasteiger partial charge on any atom is -0.474 e. The van der Waals surface area contributed by atoms with Crippen LogP contribution < -0.4 is 10.1 Å². The zero-order valence-corrected chi connectivity index (χ0v) is 14.7. The van der Waals surface area contributed by atoms with Gasteiger partial charge in [0.1, 0.15) is 6.10 Å². The van der Waals surface area contributed by atoms with E-state index in [0.29, 0.717) is 18.8 Å². The van der Waals surface area contributed by atoms with Crippen LogP contribution in [0.4, 0.5) is 0 Å². The maximum atomic E-state index is 12.5.